The maximum Gasteiger partial charge on any atom is 0.257 e. The van der Waals surface area contributed by atoms with Gasteiger partial charge in [-0.15, -0.1) is 0 Å². The summed E-state index contributed by atoms with van der Waals surface area (Å²) in [6, 6.07) is 5.97. The van der Waals surface area contributed by atoms with Gasteiger partial charge in [0.25, 0.3) is 5.91 Å². The number of amides is 1. The van der Waals surface area contributed by atoms with Crippen molar-refractivity contribution in [3.8, 4) is 5.75 Å². The molecule has 1 aliphatic heterocycles. The van der Waals surface area contributed by atoms with E-state index in [1.54, 1.807) is 0 Å². The van der Waals surface area contributed by atoms with E-state index in [-0.39, 0.29) is 11.9 Å². The summed E-state index contributed by atoms with van der Waals surface area (Å²) < 4.78 is 5.72. The van der Waals surface area contributed by atoms with Crippen LogP contribution in [0, 0.1) is 5.92 Å². The molecule has 0 unspecified atom stereocenters. The van der Waals surface area contributed by atoms with Crippen LogP contribution in [0.5, 0.6) is 5.75 Å². The Bertz CT molecular complexity index is 509. The topological polar surface area (TPSA) is 41.6 Å². The van der Waals surface area contributed by atoms with Crippen LogP contribution >= 0.6 is 0 Å². The lowest BCUT2D eigenvalue weighted by Crippen LogP contribution is -2.39. The van der Waals surface area contributed by atoms with E-state index in [2.05, 4.69) is 19.2 Å². The molecule has 4 nitrogen and oxygen atoms in total. The molecule has 1 amide bonds. The Morgan fingerprint density at radius 2 is 2.25 bits per heavy atom. The summed E-state index contributed by atoms with van der Waals surface area (Å²) >= 11 is 0. The van der Waals surface area contributed by atoms with Gasteiger partial charge in [0.1, 0.15) is 6.61 Å². The molecule has 1 aliphatic carbocycles. The molecule has 0 saturated heterocycles. The number of carbonyl (C=O) groups is 1. The summed E-state index contributed by atoms with van der Waals surface area (Å²) in [5.74, 6) is 1.50. The van der Waals surface area contributed by atoms with Crippen LogP contribution < -0.4 is 10.1 Å². The molecule has 0 atom stereocenters. The Balaban J connectivity index is 1.88. The second-order valence-corrected chi connectivity index (χ2v) is 5.95. The number of benzene rings is 1. The van der Waals surface area contributed by atoms with Crippen molar-refractivity contribution < 1.29 is 9.53 Å². The van der Waals surface area contributed by atoms with Crippen molar-refractivity contribution >= 4 is 11.6 Å². The van der Waals surface area contributed by atoms with E-state index in [0.717, 1.165) is 18.8 Å². The lowest BCUT2D eigenvalue weighted by molar-refractivity contribution is 0.0691. The van der Waals surface area contributed by atoms with Gasteiger partial charge in [0.15, 0.2) is 5.75 Å². The standard InChI is InChI=1S/C16H22N2O2/c1-11(2)18(10-12-6-7-12)16(19)13-4-3-5-14-15(13)20-9-8-17-14/h3-5,11-12,17H,6-10H2,1-2H3. The molecule has 0 radical (unpaired) electrons. The lowest BCUT2D eigenvalue weighted by atomic mass is 10.1. The molecule has 1 aromatic carbocycles. The molecule has 0 aromatic heterocycles. The molecule has 2 aliphatic rings. The molecule has 20 heavy (non-hydrogen) atoms. The van der Waals surface area contributed by atoms with Crippen LogP contribution in [0.4, 0.5) is 5.69 Å². The molecule has 3 rings (SSSR count). The third-order valence-corrected chi connectivity index (χ3v) is 3.95. The van der Waals surface area contributed by atoms with Gasteiger partial charge < -0.3 is 15.0 Å². The van der Waals surface area contributed by atoms with Crippen molar-refractivity contribution in [3.63, 3.8) is 0 Å². The molecule has 1 N–H and O–H groups in total. The van der Waals surface area contributed by atoms with Gasteiger partial charge in [-0.25, -0.2) is 0 Å². The number of nitrogens with one attached hydrogen (secondary N) is 1. The van der Waals surface area contributed by atoms with Gasteiger partial charge >= 0.3 is 0 Å². The third kappa shape index (κ3) is 2.60. The average Bonchev–Trinajstić information content (AvgIpc) is 3.27. The monoisotopic (exact) mass is 274 g/mol. The van der Waals surface area contributed by atoms with E-state index in [0.29, 0.717) is 23.8 Å². The summed E-state index contributed by atoms with van der Waals surface area (Å²) in [5, 5.41) is 3.28. The molecule has 108 valence electrons. The Hall–Kier alpha value is -1.71. The smallest absolute Gasteiger partial charge is 0.257 e. The average molecular weight is 274 g/mol. The van der Waals surface area contributed by atoms with Crippen LogP contribution in [0.3, 0.4) is 0 Å². The molecular formula is C16H22N2O2. The summed E-state index contributed by atoms with van der Waals surface area (Å²) in [6.45, 7) is 6.43. The molecule has 0 bridgehead atoms. The summed E-state index contributed by atoms with van der Waals surface area (Å²) in [7, 11) is 0. The largest absolute Gasteiger partial charge is 0.489 e. The normalized spacial score (nSPS) is 17.1. The van der Waals surface area contributed by atoms with E-state index >= 15 is 0 Å². The Morgan fingerprint density at radius 3 is 2.95 bits per heavy atom. The molecule has 1 heterocycles. The highest BCUT2D eigenvalue weighted by atomic mass is 16.5. The van der Waals surface area contributed by atoms with Gasteiger partial charge in [-0.05, 0) is 44.7 Å². The van der Waals surface area contributed by atoms with Gasteiger partial charge in [0, 0.05) is 19.1 Å². The maximum atomic E-state index is 12.8. The van der Waals surface area contributed by atoms with Crippen molar-refractivity contribution in [1.82, 2.24) is 4.90 Å². The lowest BCUT2D eigenvalue weighted by Gasteiger charge is -2.29. The van der Waals surface area contributed by atoms with Gasteiger partial charge in [-0.3, -0.25) is 4.79 Å². The van der Waals surface area contributed by atoms with E-state index < -0.39 is 0 Å². The number of anilines is 1. The van der Waals surface area contributed by atoms with Crippen molar-refractivity contribution in [2.45, 2.75) is 32.7 Å². The van der Waals surface area contributed by atoms with Crippen molar-refractivity contribution in [3.05, 3.63) is 23.8 Å². The molecule has 4 heteroatoms. The van der Waals surface area contributed by atoms with Crippen LogP contribution in [-0.2, 0) is 0 Å². The highest BCUT2D eigenvalue weighted by Crippen LogP contribution is 2.34. The SMILES string of the molecule is CC(C)N(CC1CC1)C(=O)c1cccc2c1OCCN2. The van der Waals surface area contributed by atoms with Crippen molar-refractivity contribution in [2.24, 2.45) is 5.92 Å². The number of para-hydroxylation sites is 1. The van der Waals surface area contributed by atoms with Gasteiger partial charge in [0.05, 0.1) is 11.3 Å². The van der Waals surface area contributed by atoms with Gasteiger partial charge in [0.2, 0.25) is 0 Å². The number of hydrogen-bond donors (Lipinski definition) is 1. The van der Waals surface area contributed by atoms with Crippen molar-refractivity contribution in [1.29, 1.82) is 0 Å². The van der Waals surface area contributed by atoms with E-state index in [1.807, 2.05) is 23.1 Å². The zero-order valence-corrected chi connectivity index (χ0v) is 12.2. The first-order valence-corrected chi connectivity index (χ1v) is 7.47. The Kier molecular flexibility index (Phi) is 3.55. The second-order valence-electron chi connectivity index (χ2n) is 5.95. The first-order chi connectivity index (χ1) is 9.66. The van der Waals surface area contributed by atoms with Crippen LogP contribution in [0.1, 0.15) is 37.0 Å². The zero-order chi connectivity index (χ0) is 14.1. The molecule has 1 aromatic rings. The van der Waals surface area contributed by atoms with E-state index in [4.69, 9.17) is 4.74 Å². The quantitative estimate of drug-likeness (QED) is 0.918. The van der Waals surface area contributed by atoms with Crippen LogP contribution in [-0.4, -0.2) is 36.5 Å². The minimum absolute atomic E-state index is 0.0902. The summed E-state index contributed by atoms with van der Waals surface area (Å²) in [5.41, 5.74) is 1.61. The number of nitrogens with zero attached hydrogens (tertiary/aromatic N) is 1. The minimum Gasteiger partial charge on any atom is -0.489 e. The fourth-order valence-electron chi connectivity index (χ4n) is 2.60. The van der Waals surface area contributed by atoms with Crippen LogP contribution in [0.15, 0.2) is 18.2 Å². The van der Waals surface area contributed by atoms with Gasteiger partial charge in [-0.2, -0.15) is 0 Å². The number of rotatable bonds is 4. The molecule has 1 fully saturated rings. The van der Waals surface area contributed by atoms with Crippen molar-refractivity contribution in [2.75, 3.05) is 25.0 Å². The van der Waals surface area contributed by atoms with Crippen LogP contribution in [0.25, 0.3) is 0 Å². The number of carbonyl (C=O) groups excluding carboxylic acids is 1. The Morgan fingerprint density at radius 1 is 1.45 bits per heavy atom. The summed E-state index contributed by atoms with van der Waals surface area (Å²) in [6.07, 6.45) is 2.50. The maximum absolute atomic E-state index is 12.8. The van der Waals surface area contributed by atoms with Crippen LogP contribution in [0.2, 0.25) is 0 Å². The second kappa shape index (κ2) is 5.35. The molecule has 1 saturated carbocycles. The highest BCUT2D eigenvalue weighted by Gasteiger charge is 2.30. The highest BCUT2D eigenvalue weighted by molar-refractivity contribution is 5.99. The zero-order valence-electron chi connectivity index (χ0n) is 12.2. The first-order valence-electron chi connectivity index (χ1n) is 7.47. The fraction of sp³-hybridized carbons (Fsp3) is 0.562. The number of fused-ring (bicyclic) bond motifs is 1. The minimum atomic E-state index is 0.0902. The van der Waals surface area contributed by atoms with E-state index in [1.165, 1.54) is 12.8 Å². The first kappa shape index (κ1) is 13.3. The third-order valence-electron chi connectivity index (χ3n) is 3.95. The molecular weight excluding hydrogens is 252 g/mol. The molecule has 0 spiro atoms. The van der Waals surface area contributed by atoms with Gasteiger partial charge in [-0.1, -0.05) is 6.07 Å². The van der Waals surface area contributed by atoms with E-state index in [9.17, 15) is 4.79 Å². The predicted octanol–water partition coefficient (Wildman–Crippen LogP) is 2.75. The summed E-state index contributed by atoms with van der Waals surface area (Å²) in [4.78, 5) is 14.8. The fourth-order valence-corrected chi connectivity index (χ4v) is 2.60. The Labute approximate surface area is 120 Å². The predicted molar refractivity (Wildman–Crippen MR) is 79.3 cm³/mol. The number of ether oxygens (including phenoxy) is 1. The number of hydrogen-bond acceptors (Lipinski definition) is 3.